The Morgan fingerprint density at radius 1 is 1.37 bits per heavy atom. The number of nitrogen functional groups attached to an aromatic ring is 1. The summed E-state index contributed by atoms with van der Waals surface area (Å²) >= 11 is 0. The molecule has 0 aliphatic rings. The summed E-state index contributed by atoms with van der Waals surface area (Å²) in [5.74, 6) is 1.33. The van der Waals surface area contributed by atoms with Crippen LogP contribution in [-0.2, 0) is 9.84 Å². The molecule has 0 saturated carbocycles. The van der Waals surface area contributed by atoms with Crippen molar-refractivity contribution in [2.24, 2.45) is 0 Å². The van der Waals surface area contributed by atoms with E-state index in [2.05, 4.69) is 20.6 Å². The van der Waals surface area contributed by atoms with Crippen LogP contribution in [0.15, 0.2) is 6.07 Å². The zero-order valence-corrected chi connectivity index (χ0v) is 12.3. The summed E-state index contributed by atoms with van der Waals surface area (Å²) in [6, 6.07) is 1.47. The summed E-state index contributed by atoms with van der Waals surface area (Å²) in [5.41, 5.74) is 5.61. The number of rotatable bonds is 7. The van der Waals surface area contributed by atoms with Crippen molar-refractivity contribution in [2.45, 2.75) is 26.3 Å². The molecule has 0 spiro atoms. The van der Waals surface area contributed by atoms with Gasteiger partial charge in [0.05, 0.1) is 5.75 Å². The van der Waals surface area contributed by atoms with Crippen LogP contribution in [0.5, 0.6) is 0 Å². The van der Waals surface area contributed by atoms with Gasteiger partial charge < -0.3 is 16.4 Å². The van der Waals surface area contributed by atoms with E-state index in [0.717, 1.165) is 13.0 Å². The van der Waals surface area contributed by atoms with Crippen LogP contribution in [0.4, 0.5) is 17.6 Å². The molecule has 7 nitrogen and oxygen atoms in total. The minimum atomic E-state index is -3.03. The van der Waals surface area contributed by atoms with E-state index >= 15 is 0 Å². The maximum absolute atomic E-state index is 11.2. The van der Waals surface area contributed by atoms with Crippen molar-refractivity contribution in [3.05, 3.63) is 6.07 Å². The SMILES string of the molecule is CCCNc1cc(NC(C)CS(C)(=O)=O)nc(N)n1. The highest BCUT2D eigenvalue weighted by Crippen LogP contribution is 2.13. The average Bonchev–Trinajstić information content (AvgIpc) is 2.22. The summed E-state index contributed by atoms with van der Waals surface area (Å²) in [7, 11) is -3.03. The minimum Gasteiger partial charge on any atom is -0.370 e. The van der Waals surface area contributed by atoms with Crippen LogP contribution in [0.1, 0.15) is 20.3 Å². The van der Waals surface area contributed by atoms with Crippen LogP contribution in [0.25, 0.3) is 0 Å². The standard InChI is InChI=1S/C11H21N5O2S/c1-4-5-13-9-6-10(16-11(12)15-9)14-8(2)7-19(3,17)18/h6,8H,4-5,7H2,1-3H3,(H4,12,13,14,15,16). The number of hydrogen-bond acceptors (Lipinski definition) is 7. The van der Waals surface area contributed by atoms with E-state index in [1.54, 1.807) is 13.0 Å². The van der Waals surface area contributed by atoms with E-state index in [4.69, 9.17) is 5.73 Å². The van der Waals surface area contributed by atoms with Crippen molar-refractivity contribution >= 4 is 27.4 Å². The van der Waals surface area contributed by atoms with Crippen LogP contribution < -0.4 is 16.4 Å². The normalized spacial score (nSPS) is 13.0. The lowest BCUT2D eigenvalue weighted by molar-refractivity contribution is 0.598. The van der Waals surface area contributed by atoms with Gasteiger partial charge in [-0.15, -0.1) is 0 Å². The first-order chi connectivity index (χ1) is 8.80. The van der Waals surface area contributed by atoms with Crippen LogP contribution in [0, 0.1) is 0 Å². The molecule has 0 aliphatic carbocycles. The second-order valence-corrected chi connectivity index (χ2v) is 6.75. The number of nitrogens with zero attached hydrogens (tertiary/aromatic N) is 2. The number of sulfone groups is 1. The van der Waals surface area contributed by atoms with Gasteiger partial charge in [-0.2, -0.15) is 9.97 Å². The second kappa shape index (κ2) is 6.55. The van der Waals surface area contributed by atoms with Gasteiger partial charge in [0.1, 0.15) is 21.5 Å². The highest BCUT2D eigenvalue weighted by atomic mass is 32.2. The lowest BCUT2D eigenvalue weighted by Gasteiger charge is -2.14. The summed E-state index contributed by atoms with van der Waals surface area (Å²) in [6.07, 6.45) is 2.17. The topological polar surface area (TPSA) is 110 Å². The molecular weight excluding hydrogens is 266 g/mol. The lowest BCUT2D eigenvalue weighted by atomic mass is 10.4. The molecule has 1 heterocycles. The van der Waals surface area contributed by atoms with Crippen LogP contribution in [0.2, 0.25) is 0 Å². The number of nitrogens with two attached hydrogens (primary N) is 1. The van der Waals surface area contributed by atoms with Crippen LogP contribution in [0.3, 0.4) is 0 Å². The van der Waals surface area contributed by atoms with Gasteiger partial charge in [0, 0.05) is 24.9 Å². The number of hydrogen-bond donors (Lipinski definition) is 3. The van der Waals surface area contributed by atoms with Gasteiger partial charge in [-0.3, -0.25) is 0 Å². The zero-order chi connectivity index (χ0) is 14.5. The van der Waals surface area contributed by atoms with E-state index in [9.17, 15) is 8.42 Å². The molecule has 1 unspecified atom stereocenters. The fraction of sp³-hybridized carbons (Fsp3) is 0.636. The Labute approximate surface area is 113 Å². The molecular formula is C11H21N5O2S. The number of aromatic nitrogens is 2. The van der Waals surface area contributed by atoms with E-state index in [1.807, 2.05) is 6.92 Å². The van der Waals surface area contributed by atoms with E-state index in [-0.39, 0.29) is 17.7 Å². The molecule has 4 N–H and O–H groups in total. The highest BCUT2D eigenvalue weighted by Gasteiger charge is 2.11. The third kappa shape index (κ3) is 6.23. The monoisotopic (exact) mass is 287 g/mol. The van der Waals surface area contributed by atoms with Gasteiger partial charge in [-0.25, -0.2) is 8.42 Å². The van der Waals surface area contributed by atoms with E-state index in [0.29, 0.717) is 11.6 Å². The molecule has 0 fully saturated rings. The summed E-state index contributed by atoms with van der Waals surface area (Å²) in [6.45, 7) is 4.61. The smallest absolute Gasteiger partial charge is 0.223 e. The molecule has 0 aliphatic heterocycles. The average molecular weight is 287 g/mol. The van der Waals surface area contributed by atoms with E-state index in [1.165, 1.54) is 6.26 Å². The third-order valence-corrected chi connectivity index (χ3v) is 3.35. The molecule has 0 aromatic carbocycles. The van der Waals surface area contributed by atoms with Crippen LogP contribution in [-0.4, -0.2) is 43.0 Å². The molecule has 1 atom stereocenters. The van der Waals surface area contributed by atoms with Crippen molar-refractivity contribution in [2.75, 3.05) is 34.9 Å². The highest BCUT2D eigenvalue weighted by molar-refractivity contribution is 7.90. The van der Waals surface area contributed by atoms with Crippen molar-refractivity contribution in [1.82, 2.24) is 9.97 Å². The first kappa shape index (κ1) is 15.5. The Bertz CT molecular complexity index is 518. The summed E-state index contributed by atoms with van der Waals surface area (Å²) < 4.78 is 22.4. The molecule has 1 aromatic rings. The molecule has 19 heavy (non-hydrogen) atoms. The summed E-state index contributed by atoms with van der Waals surface area (Å²) in [4.78, 5) is 8.08. The van der Waals surface area contributed by atoms with Crippen molar-refractivity contribution in [3.63, 3.8) is 0 Å². The van der Waals surface area contributed by atoms with Crippen molar-refractivity contribution in [1.29, 1.82) is 0 Å². The molecule has 0 radical (unpaired) electrons. The molecule has 1 aromatic heterocycles. The molecule has 8 heteroatoms. The Morgan fingerprint density at radius 2 is 2.00 bits per heavy atom. The predicted molar refractivity (Wildman–Crippen MR) is 78.0 cm³/mol. The third-order valence-electron chi connectivity index (χ3n) is 2.25. The zero-order valence-electron chi connectivity index (χ0n) is 11.5. The van der Waals surface area contributed by atoms with Gasteiger partial charge >= 0.3 is 0 Å². The maximum Gasteiger partial charge on any atom is 0.223 e. The fourth-order valence-corrected chi connectivity index (χ4v) is 2.62. The Hall–Kier alpha value is -1.57. The molecule has 0 bridgehead atoms. The fourth-order valence-electron chi connectivity index (χ4n) is 1.63. The molecule has 108 valence electrons. The predicted octanol–water partition coefficient (Wildman–Crippen LogP) is 0.726. The van der Waals surface area contributed by atoms with Gasteiger partial charge in [-0.05, 0) is 13.3 Å². The first-order valence-corrected chi connectivity index (χ1v) is 8.19. The van der Waals surface area contributed by atoms with Crippen LogP contribution >= 0.6 is 0 Å². The number of anilines is 3. The van der Waals surface area contributed by atoms with E-state index < -0.39 is 9.84 Å². The van der Waals surface area contributed by atoms with Gasteiger partial charge in [0.15, 0.2) is 0 Å². The lowest BCUT2D eigenvalue weighted by Crippen LogP contribution is -2.25. The van der Waals surface area contributed by atoms with Gasteiger partial charge in [0.25, 0.3) is 0 Å². The second-order valence-electron chi connectivity index (χ2n) is 4.56. The largest absolute Gasteiger partial charge is 0.370 e. The minimum absolute atomic E-state index is 0.0363. The Kier molecular flexibility index (Phi) is 5.34. The molecule has 0 saturated heterocycles. The Morgan fingerprint density at radius 3 is 2.58 bits per heavy atom. The maximum atomic E-state index is 11.2. The van der Waals surface area contributed by atoms with Gasteiger partial charge in [0.2, 0.25) is 5.95 Å². The number of nitrogens with one attached hydrogen (secondary N) is 2. The van der Waals surface area contributed by atoms with Gasteiger partial charge in [-0.1, -0.05) is 6.92 Å². The molecule has 1 rings (SSSR count). The Balaban J connectivity index is 2.74. The van der Waals surface area contributed by atoms with Crippen molar-refractivity contribution in [3.8, 4) is 0 Å². The quantitative estimate of drug-likeness (QED) is 0.678. The van der Waals surface area contributed by atoms with Crippen molar-refractivity contribution < 1.29 is 8.42 Å². The molecule has 0 amide bonds. The first-order valence-electron chi connectivity index (χ1n) is 6.13. The summed E-state index contributed by atoms with van der Waals surface area (Å²) in [5, 5.41) is 6.11.